The molecule has 0 aliphatic heterocycles. The number of Topliss-reactive ketones (excluding diaryl/α,β-unsaturated/α-hetero) is 2. The van der Waals surface area contributed by atoms with Crippen LogP contribution in [0.15, 0.2) is 0 Å². The van der Waals surface area contributed by atoms with Crippen LogP contribution in [-0.4, -0.2) is 59.9 Å². The van der Waals surface area contributed by atoms with Gasteiger partial charge in [0, 0.05) is 12.8 Å². The topological polar surface area (TPSA) is 133 Å². The Hall–Kier alpha value is -1.80. The number of carbonyl (C=O) groups excluding carboxylic acids is 2. The first kappa shape index (κ1) is 18.2. The van der Waals surface area contributed by atoms with Crippen LogP contribution >= 0.6 is 0 Å². The van der Waals surface area contributed by atoms with Gasteiger partial charge in [0.25, 0.3) is 0 Å². The lowest BCUT2D eigenvalue weighted by Gasteiger charge is -2.11. The molecule has 0 rings (SSSR count). The van der Waals surface area contributed by atoms with E-state index >= 15 is 0 Å². The summed E-state index contributed by atoms with van der Waals surface area (Å²) in [6, 6.07) is -2.48. The number of aliphatic carboxylic acids is 2. The average molecular weight is 288 g/mol. The number of carbonyl (C=O) groups is 4. The summed E-state index contributed by atoms with van der Waals surface area (Å²) in [6.45, 7) is 0. The van der Waals surface area contributed by atoms with E-state index in [-0.39, 0.29) is 12.8 Å². The molecule has 0 radical (unpaired) electrons. The standard InChI is InChI=1S/C12H20N2O6/c1-13-9(11(17)18)7(15)5-3-4-6-8(16)10(14-2)12(19)20/h9-10,13-14H,3-6H2,1-2H3,(H,17,18)(H,19,20). The first-order valence-corrected chi connectivity index (χ1v) is 6.20. The molecule has 0 aromatic rings. The maximum absolute atomic E-state index is 11.5. The highest BCUT2D eigenvalue weighted by atomic mass is 16.4. The third kappa shape index (κ3) is 5.89. The van der Waals surface area contributed by atoms with Crippen molar-refractivity contribution < 1.29 is 29.4 Å². The molecular weight excluding hydrogens is 268 g/mol. The van der Waals surface area contributed by atoms with Gasteiger partial charge in [0.05, 0.1) is 0 Å². The number of carboxylic acids is 2. The van der Waals surface area contributed by atoms with Crippen molar-refractivity contribution in [3.63, 3.8) is 0 Å². The number of unbranched alkanes of at least 4 members (excludes halogenated alkanes) is 1. The number of hydrogen-bond acceptors (Lipinski definition) is 6. The van der Waals surface area contributed by atoms with Crippen LogP contribution in [0, 0.1) is 0 Å². The number of rotatable bonds is 11. The summed E-state index contributed by atoms with van der Waals surface area (Å²) in [5.74, 6) is -3.41. The summed E-state index contributed by atoms with van der Waals surface area (Å²) in [5.41, 5.74) is 0. The summed E-state index contributed by atoms with van der Waals surface area (Å²) in [5, 5.41) is 22.3. The Morgan fingerprint density at radius 2 is 1.10 bits per heavy atom. The van der Waals surface area contributed by atoms with Gasteiger partial charge in [0.1, 0.15) is 0 Å². The first-order chi connectivity index (χ1) is 9.34. The lowest BCUT2D eigenvalue weighted by molar-refractivity contribution is -0.145. The molecule has 0 bridgehead atoms. The molecule has 0 aliphatic rings. The molecule has 0 amide bonds. The first-order valence-electron chi connectivity index (χ1n) is 6.20. The number of nitrogens with one attached hydrogen (secondary N) is 2. The summed E-state index contributed by atoms with van der Waals surface area (Å²) in [4.78, 5) is 44.5. The van der Waals surface area contributed by atoms with Crippen molar-refractivity contribution in [3.8, 4) is 0 Å². The number of carboxylic acid groups (broad SMARTS) is 2. The molecule has 0 spiro atoms. The smallest absolute Gasteiger partial charge is 0.328 e. The molecule has 2 unspecified atom stereocenters. The van der Waals surface area contributed by atoms with E-state index < -0.39 is 35.6 Å². The van der Waals surface area contributed by atoms with Crippen LogP contribution in [0.3, 0.4) is 0 Å². The van der Waals surface area contributed by atoms with Crippen molar-refractivity contribution in [2.45, 2.75) is 37.8 Å². The normalized spacial score (nSPS) is 13.5. The van der Waals surface area contributed by atoms with E-state index in [1.807, 2.05) is 0 Å². The fourth-order valence-corrected chi connectivity index (χ4v) is 1.73. The maximum atomic E-state index is 11.5. The zero-order valence-corrected chi connectivity index (χ0v) is 11.5. The Morgan fingerprint density at radius 3 is 1.30 bits per heavy atom. The van der Waals surface area contributed by atoms with Gasteiger partial charge in [-0.25, -0.2) is 0 Å². The van der Waals surface area contributed by atoms with Crippen molar-refractivity contribution in [2.24, 2.45) is 0 Å². The molecule has 2 atom stereocenters. The van der Waals surface area contributed by atoms with Crippen molar-refractivity contribution in [1.82, 2.24) is 10.6 Å². The molecule has 4 N–H and O–H groups in total. The highest BCUT2D eigenvalue weighted by Crippen LogP contribution is 2.05. The third-order valence-electron chi connectivity index (χ3n) is 2.81. The lowest BCUT2D eigenvalue weighted by atomic mass is 10.0. The molecule has 114 valence electrons. The summed E-state index contributed by atoms with van der Waals surface area (Å²) < 4.78 is 0. The number of hydrogen-bond donors (Lipinski definition) is 4. The van der Waals surface area contributed by atoms with Crippen molar-refractivity contribution >= 4 is 23.5 Å². The van der Waals surface area contributed by atoms with Crippen LogP contribution in [0.2, 0.25) is 0 Å². The van der Waals surface area contributed by atoms with Crippen molar-refractivity contribution in [2.75, 3.05) is 14.1 Å². The van der Waals surface area contributed by atoms with Gasteiger partial charge in [-0.1, -0.05) is 0 Å². The SMILES string of the molecule is CNC(C(=O)O)C(=O)CCCCC(=O)C(NC)C(=O)O. The molecule has 8 nitrogen and oxygen atoms in total. The summed E-state index contributed by atoms with van der Waals surface area (Å²) in [6.07, 6.45) is 0.739. The largest absolute Gasteiger partial charge is 0.480 e. The lowest BCUT2D eigenvalue weighted by Crippen LogP contribution is -2.41. The van der Waals surface area contributed by atoms with Crippen LogP contribution in [0.1, 0.15) is 25.7 Å². The summed E-state index contributed by atoms with van der Waals surface area (Å²) >= 11 is 0. The van der Waals surface area contributed by atoms with Gasteiger partial charge in [0.2, 0.25) is 0 Å². The van der Waals surface area contributed by atoms with E-state index in [0.717, 1.165) is 0 Å². The quantitative estimate of drug-likeness (QED) is 0.282. The van der Waals surface area contributed by atoms with Crippen molar-refractivity contribution in [3.05, 3.63) is 0 Å². The van der Waals surface area contributed by atoms with Gasteiger partial charge < -0.3 is 20.8 Å². The minimum absolute atomic E-state index is 0.0301. The van der Waals surface area contributed by atoms with Gasteiger partial charge in [-0.3, -0.25) is 19.2 Å². The molecule has 0 aliphatic carbocycles. The zero-order chi connectivity index (χ0) is 15.7. The minimum atomic E-state index is -1.24. The molecule has 20 heavy (non-hydrogen) atoms. The second-order valence-corrected chi connectivity index (χ2v) is 4.26. The van der Waals surface area contributed by atoms with E-state index in [1.54, 1.807) is 0 Å². The van der Waals surface area contributed by atoms with Crippen LogP contribution in [-0.2, 0) is 19.2 Å². The predicted molar refractivity (Wildman–Crippen MR) is 69.4 cm³/mol. The maximum Gasteiger partial charge on any atom is 0.328 e. The van der Waals surface area contributed by atoms with Gasteiger partial charge in [-0.15, -0.1) is 0 Å². The zero-order valence-electron chi connectivity index (χ0n) is 11.5. The highest BCUT2D eigenvalue weighted by molar-refractivity contribution is 6.03. The summed E-state index contributed by atoms with van der Waals surface area (Å²) in [7, 11) is 2.76. The number of ketones is 2. The second-order valence-electron chi connectivity index (χ2n) is 4.26. The average Bonchev–Trinajstić information content (AvgIpc) is 2.35. The number of likely N-dealkylation sites (N-methyl/N-ethyl adjacent to an activating group) is 2. The van der Waals surface area contributed by atoms with Crippen LogP contribution in [0.4, 0.5) is 0 Å². The molecule has 0 heterocycles. The molecule has 0 saturated carbocycles. The van der Waals surface area contributed by atoms with Crippen LogP contribution in [0.25, 0.3) is 0 Å². The molecule has 0 fully saturated rings. The van der Waals surface area contributed by atoms with E-state index in [4.69, 9.17) is 10.2 Å². The van der Waals surface area contributed by atoms with E-state index in [9.17, 15) is 19.2 Å². The predicted octanol–water partition coefficient (Wildman–Crippen LogP) is -0.970. The van der Waals surface area contributed by atoms with Gasteiger partial charge in [-0.05, 0) is 26.9 Å². The minimum Gasteiger partial charge on any atom is -0.480 e. The van der Waals surface area contributed by atoms with Crippen LogP contribution < -0.4 is 10.6 Å². The Morgan fingerprint density at radius 1 is 0.800 bits per heavy atom. The fraction of sp³-hybridized carbons (Fsp3) is 0.667. The second kappa shape index (κ2) is 9.16. The van der Waals surface area contributed by atoms with Gasteiger partial charge >= 0.3 is 11.9 Å². The fourth-order valence-electron chi connectivity index (χ4n) is 1.73. The Bertz CT molecular complexity index is 346. The molecule has 0 aromatic heterocycles. The van der Waals surface area contributed by atoms with E-state index in [1.165, 1.54) is 14.1 Å². The Balaban J connectivity index is 4.08. The molecule has 0 saturated heterocycles. The Kier molecular flexibility index (Phi) is 8.33. The molecule has 0 aromatic carbocycles. The van der Waals surface area contributed by atoms with E-state index in [0.29, 0.717) is 12.8 Å². The van der Waals surface area contributed by atoms with Crippen molar-refractivity contribution in [1.29, 1.82) is 0 Å². The van der Waals surface area contributed by atoms with E-state index in [2.05, 4.69) is 10.6 Å². The third-order valence-corrected chi connectivity index (χ3v) is 2.81. The Labute approximate surface area is 116 Å². The van der Waals surface area contributed by atoms with Crippen LogP contribution in [0.5, 0.6) is 0 Å². The monoisotopic (exact) mass is 288 g/mol. The van der Waals surface area contributed by atoms with Gasteiger partial charge in [-0.2, -0.15) is 0 Å². The molecular formula is C12H20N2O6. The molecule has 8 heteroatoms. The highest BCUT2D eigenvalue weighted by Gasteiger charge is 2.25. The van der Waals surface area contributed by atoms with Gasteiger partial charge in [0.15, 0.2) is 23.7 Å².